The van der Waals surface area contributed by atoms with Crippen molar-refractivity contribution in [3.05, 3.63) is 24.3 Å². The second-order valence-corrected chi connectivity index (χ2v) is 4.87. The summed E-state index contributed by atoms with van der Waals surface area (Å²) in [5, 5.41) is 3.15. The van der Waals surface area contributed by atoms with E-state index in [1.165, 1.54) is 0 Å². The van der Waals surface area contributed by atoms with E-state index in [1.54, 1.807) is 19.1 Å². The third kappa shape index (κ3) is 5.36. The molecule has 6 nitrogen and oxygen atoms in total. The summed E-state index contributed by atoms with van der Waals surface area (Å²) in [6.45, 7) is 2.79. The Morgan fingerprint density at radius 1 is 1.36 bits per heavy atom. The summed E-state index contributed by atoms with van der Waals surface area (Å²) in [7, 11) is 3.40. The first-order valence-electron chi connectivity index (χ1n) is 7.03. The van der Waals surface area contributed by atoms with Crippen LogP contribution in [-0.4, -0.2) is 63.9 Å². The van der Waals surface area contributed by atoms with Crippen LogP contribution in [-0.2, 0) is 9.53 Å². The first-order valence-corrected chi connectivity index (χ1v) is 7.03. The van der Waals surface area contributed by atoms with Crippen molar-refractivity contribution in [2.45, 2.75) is 6.04 Å². The smallest absolute Gasteiger partial charge is 0.241 e. The van der Waals surface area contributed by atoms with Gasteiger partial charge < -0.3 is 24.4 Å². The van der Waals surface area contributed by atoms with E-state index in [1.807, 2.05) is 24.3 Å². The van der Waals surface area contributed by atoms with Crippen LogP contribution < -0.4 is 14.8 Å². The van der Waals surface area contributed by atoms with Gasteiger partial charge in [-0.05, 0) is 24.3 Å². The van der Waals surface area contributed by atoms with Gasteiger partial charge in [0.2, 0.25) is 5.91 Å². The van der Waals surface area contributed by atoms with Crippen molar-refractivity contribution >= 4 is 18.3 Å². The fraction of sp³-hybridized carbons (Fsp3) is 0.533. The zero-order valence-electron chi connectivity index (χ0n) is 12.9. The van der Waals surface area contributed by atoms with E-state index in [2.05, 4.69) is 5.32 Å². The number of ether oxygens (including phenoxy) is 3. The van der Waals surface area contributed by atoms with Crippen molar-refractivity contribution in [1.82, 2.24) is 10.2 Å². The van der Waals surface area contributed by atoms with Crippen molar-refractivity contribution in [3.63, 3.8) is 0 Å². The molecule has 1 unspecified atom stereocenters. The number of carbonyl (C=O) groups is 1. The van der Waals surface area contributed by atoms with Crippen molar-refractivity contribution in [2.24, 2.45) is 0 Å². The zero-order chi connectivity index (χ0) is 15.1. The molecule has 1 aliphatic heterocycles. The molecule has 1 aromatic carbocycles. The Labute approximate surface area is 137 Å². The van der Waals surface area contributed by atoms with Crippen LogP contribution >= 0.6 is 12.4 Å². The molecule has 2 rings (SSSR count). The number of nitrogens with zero attached hydrogens (tertiary/aromatic N) is 1. The number of nitrogens with one attached hydrogen (secondary N) is 1. The van der Waals surface area contributed by atoms with E-state index < -0.39 is 0 Å². The largest absolute Gasteiger partial charge is 0.497 e. The fourth-order valence-corrected chi connectivity index (χ4v) is 2.07. The van der Waals surface area contributed by atoms with Crippen molar-refractivity contribution in [3.8, 4) is 11.5 Å². The fourth-order valence-electron chi connectivity index (χ4n) is 2.07. The Morgan fingerprint density at radius 2 is 2.05 bits per heavy atom. The molecule has 1 atom stereocenters. The average molecular weight is 331 g/mol. The first-order chi connectivity index (χ1) is 10.2. The van der Waals surface area contributed by atoms with Gasteiger partial charge in [0.15, 0.2) is 0 Å². The number of carbonyl (C=O) groups excluding carboxylic acids is 1. The third-order valence-corrected chi connectivity index (χ3v) is 3.35. The van der Waals surface area contributed by atoms with Crippen molar-refractivity contribution in [1.29, 1.82) is 0 Å². The molecule has 1 aromatic rings. The predicted octanol–water partition coefficient (Wildman–Crippen LogP) is 0.943. The minimum atomic E-state index is -0.246. The highest BCUT2D eigenvalue weighted by Gasteiger charge is 2.23. The molecular formula is C15H23ClN2O4. The zero-order valence-corrected chi connectivity index (χ0v) is 13.7. The Morgan fingerprint density at radius 3 is 2.64 bits per heavy atom. The molecule has 22 heavy (non-hydrogen) atoms. The second-order valence-electron chi connectivity index (χ2n) is 4.87. The molecule has 7 heteroatoms. The van der Waals surface area contributed by atoms with Gasteiger partial charge in [-0.1, -0.05) is 0 Å². The SMILES string of the molecule is COc1ccc(OCCN(C)C(=O)C2COCCN2)cc1.Cl. The van der Waals surface area contributed by atoms with E-state index in [4.69, 9.17) is 14.2 Å². The van der Waals surface area contributed by atoms with Crippen LogP contribution in [0.5, 0.6) is 11.5 Å². The number of hydrogen-bond acceptors (Lipinski definition) is 5. The maximum atomic E-state index is 12.1. The molecule has 0 spiro atoms. The van der Waals surface area contributed by atoms with Crippen LogP contribution in [0.4, 0.5) is 0 Å². The number of hydrogen-bond donors (Lipinski definition) is 1. The first kappa shape index (κ1) is 18.5. The van der Waals surface area contributed by atoms with Gasteiger partial charge in [-0.3, -0.25) is 4.79 Å². The van der Waals surface area contributed by atoms with Crippen LogP contribution in [0.2, 0.25) is 0 Å². The summed E-state index contributed by atoms with van der Waals surface area (Å²) >= 11 is 0. The number of morpholine rings is 1. The van der Waals surface area contributed by atoms with Crippen LogP contribution in [0.15, 0.2) is 24.3 Å². The van der Waals surface area contributed by atoms with E-state index >= 15 is 0 Å². The summed E-state index contributed by atoms with van der Waals surface area (Å²) in [6, 6.07) is 7.12. The average Bonchev–Trinajstić information content (AvgIpc) is 2.55. The molecule has 0 bridgehead atoms. The Bertz CT molecular complexity index is 449. The van der Waals surface area contributed by atoms with Gasteiger partial charge >= 0.3 is 0 Å². The van der Waals surface area contributed by atoms with E-state index in [0.717, 1.165) is 11.5 Å². The Balaban J connectivity index is 0.00000242. The normalized spacial score (nSPS) is 17.3. The monoisotopic (exact) mass is 330 g/mol. The third-order valence-electron chi connectivity index (χ3n) is 3.35. The standard InChI is InChI=1S/C15H22N2O4.ClH/c1-17(15(18)14-11-20-9-7-16-14)8-10-21-13-5-3-12(19-2)4-6-13;/h3-6,14,16H,7-11H2,1-2H3;1H. The predicted molar refractivity (Wildman–Crippen MR) is 86.0 cm³/mol. The number of rotatable bonds is 6. The van der Waals surface area contributed by atoms with E-state index in [0.29, 0.717) is 32.9 Å². The van der Waals surface area contributed by atoms with Crippen LogP contribution in [0.3, 0.4) is 0 Å². The molecule has 1 amide bonds. The number of halogens is 1. The minimum Gasteiger partial charge on any atom is -0.497 e. The van der Waals surface area contributed by atoms with Crippen LogP contribution in [0.1, 0.15) is 0 Å². The Kier molecular flexibility index (Phi) is 8.01. The quantitative estimate of drug-likeness (QED) is 0.841. The molecule has 0 radical (unpaired) electrons. The number of amides is 1. The molecule has 0 saturated carbocycles. The molecule has 1 aliphatic rings. The summed E-state index contributed by atoms with van der Waals surface area (Å²) in [4.78, 5) is 13.8. The molecule has 0 aliphatic carbocycles. The molecular weight excluding hydrogens is 308 g/mol. The van der Waals surface area contributed by atoms with Crippen molar-refractivity contribution < 1.29 is 19.0 Å². The topological polar surface area (TPSA) is 60.0 Å². The molecule has 1 fully saturated rings. The van der Waals surface area contributed by atoms with Gasteiger partial charge in [0.1, 0.15) is 24.1 Å². The lowest BCUT2D eigenvalue weighted by Crippen LogP contribution is -2.52. The second kappa shape index (κ2) is 9.50. The highest BCUT2D eigenvalue weighted by atomic mass is 35.5. The lowest BCUT2D eigenvalue weighted by Gasteiger charge is -2.27. The summed E-state index contributed by atoms with van der Waals surface area (Å²) < 4.78 is 16.0. The minimum absolute atomic E-state index is 0. The molecule has 1 heterocycles. The van der Waals surface area contributed by atoms with Gasteiger partial charge in [-0.25, -0.2) is 0 Å². The molecule has 1 saturated heterocycles. The maximum absolute atomic E-state index is 12.1. The number of benzene rings is 1. The van der Waals surface area contributed by atoms with Crippen LogP contribution in [0, 0.1) is 0 Å². The van der Waals surface area contributed by atoms with Gasteiger partial charge in [-0.2, -0.15) is 0 Å². The lowest BCUT2D eigenvalue weighted by atomic mass is 10.2. The van der Waals surface area contributed by atoms with Gasteiger partial charge in [0, 0.05) is 13.6 Å². The van der Waals surface area contributed by atoms with Gasteiger partial charge in [-0.15, -0.1) is 12.4 Å². The van der Waals surface area contributed by atoms with Gasteiger partial charge in [0.05, 0.1) is 26.9 Å². The Hall–Kier alpha value is -1.50. The van der Waals surface area contributed by atoms with Gasteiger partial charge in [0.25, 0.3) is 0 Å². The van der Waals surface area contributed by atoms with E-state index in [9.17, 15) is 4.79 Å². The summed E-state index contributed by atoms with van der Waals surface area (Å²) in [6.07, 6.45) is 0. The highest BCUT2D eigenvalue weighted by molar-refractivity contribution is 5.85. The number of likely N-dealkylation sites (N-methyl/N-ethyl adjacent to an activating group) is 1. The molecule has 1 N–H and O–H groups in total. The van der Waals surface area contributed by atoms with E-state index in [-0.39, 0.29) is 24.4 Å². The summed E-state index contributed by atoms with van der Waals surface area (Å²) in [5.74, 6) is 1.59. The molecule has 124 valence electrons. The molecule has 0 aromatic heterocycles. The number of methoxy groups -OCH3 is 1. The maximum Gasteiger partial charge on any atom is 0.241 e. The van der Waals surface area contributed by atoms with Crippen LogP contribution in [0.25, 0.3) is 0 Å². The lowest BCUT2D eigenvalue weighted by molar-refractivity contribution is -0.135. The highest BCUT2D eigenvalue weighted by Crippen LogP contribution is 2.16. The summed E-state index contributed by atoms with van der Waals surface area (Å²) in [5.41, 5.74) is 0. The van der Waals surface area contributed by atoms with Crippen molar-refractivity contribution in [2.75, 3.05) is 47.1 Å².